The lowest BCUT2D eigenvalue weighted by molar-refractivity contribution is 0.266. The molecule has 2 N–H and O–H groups in total. The van der Waals surface area contributed by atoms with E-state index < -0.39 is 6.23 Å². The first-order valence-electron chi connectivity index (χ1n) is 5.60. The van der Waals surface area contributed by atoms with Gasteiger partial charge >= 0.3 is 0 Å². The third kappa shape index (κ3) is 1.79. The van der Waals surface area contributed by atoms with E-state index in [4.69, 9.17) is 11.6 Å². The van der Waals surface area contributed by atoms with Crippen molar-refractivity contribution in [2.45, 2.75) is 6.23 Å². The number of anilines is 1. The smallest absolute Gasteiger partial charge is 0.151 e. The van der Waals surface area contributed by atoms with Crippen molar-refractivity contribution < 1.29 is 5.11 Å². The minimum absolute atomic E-state index is 0.571. The standard InChI is InChI=1S/C13H12ClN3O/c1-17-7-10(14)12(16-17)6-9-8-4-2-3-5-11(8)15-13(9)18/h2-7,13,15,18H,1H3/b9-6-. The number of aliphatic hydroxyl groups is 1. The summed E-state index contributed by atoms with van der Waals surface area (Å²) in [6.07, 6.45) is 2.82. The van der Waals surface area contributed by atoms with Crippen molar-refractivity contribution in [1.29, 1.82) is 0 Å². The lowest BCUT2D eigenvalue weighted by atomic mass is 10.1. The van der Waals surface area contributed by atoms with Crippen molar-refractivity contribution in [2.75, 3.05) is 5.32 Å². The monoisotopic (exact) mass is 261 g/mol. The van der Waals surface area contributed by atoms with Gasteiger partial charge in [0.15, 0.2) is 6.23 Å². The highest BCUT2D eigenvalue weighted by Crippen LogP contribution is 2.35. The maximum atomic E-state index is 10.0. The first-order chi connectivity index (χ1) is 8.65. The van der Waals surface area contributed by atoms with Gasteiger partial charge in [0.05, 0.1) is 5.02 Å². The molecule has 0 saturated carbocycles. The molecule has 0 spiro atoms. The summed E-state index contributed by atoms with van der Waals surface area (Å²) in [4.78, 5) is 0. The number of halogens is 1. The molecule has 0 amide bonds. The Hall–Kier alpha value is -1.78. The molecule has 0 radical (unpaired) electrons. The molecule has 0 aliphatic carbocycles. The largest absolute Gasteiger partial charge is 0.369 e. The second-order valence-corrected chi connectivity index (χ2v) is 4.64. The van der Waals surface area contributed by atoms with Gasteiger partial charge in [-0.15, -0.1) is 0 Å². The number of nitrogens with zero attached hydrogens (tertiary/aromatic N) is 2. The van der Waals surface area contributed by atoms with E-state index in [0.717, 1.165) is 16.8 Å². The molecule has 0 bridgehead atoms. The number of rotatable bonds is 1. The first-order valence-corrected chi connectivity index (χ1v) is 5.97. The Morgan fingerprint density at radius 3 is 2.94 bits per heavy atom. The van der Waals surface area contributed by atoms with Gasteiger partial charge in [-0.25, -0.2) is 0 Å². The van der Waals surface area contributed by atoms with Crippen LogP contribution in [0, 0.1) is 0 Å². The van der Waals surface area contributed by atoms with Crippen LogP contribution in [0.5, 0.6) is 0 Å². The molecular weight excluding hydrogens is 250 g/mol. The molecule has 92 valence electrons. The number of nitrogens with one attached hydrogen (secondary N) is 1. The molecule has 4 nitrogen and oxygen atoms in total. The minimum Gasteiger partial charge on any atom is -0.369 e. The third-order valence-corrected chi connectivity index (χ3v) is 3.22. The van der Waals surface area contributed by atoms with Crippen LogP contribution in [0.25, 0.3) is 11.6 Å². The van der Waals surface area contributed by atoms with Crippen LogP contribution in [0.4, 0.5) is 5.69 Å². The van der Waals surface area contributed by atoms with Gasteiger partial charge in [-0.3, -0.25) is 4.68 Å². The van der Waals surface area contributed by atoms with E-state index >= 15 is 0 Å². The predicted octanol–water partition coefficient (Wildman–Crippen LogP) is 2.36. The summed E-state index contributed by atoms with van der Waals surface area (Å²) in [7, 11) is 1.81. The second-order valence-electron chi connectivity index (χ2n) is 4.23. The van der Waals surface area contributed by atoms with E-state index in [1.807, 2.05) is 37.4 Å². The number of benzene rings is 1. The Kier molecular flexibility index (Phi) is 2.61. The molecule has 5 heteroatoms. The number of para-hydroxylation sites is 1. The van der Waals surface area contributed by atoms with Crippen molar-refractivity contribution in [3.8, 4) is 0 Å². The summed E-state index contributed by atoms with van der Waals surface area (Å²) in [6, 6.07) is 7.75. The molecule has 1 aromatic heterocycles. The molecule has 18 heavy (non-hydrogen) atoms. The fourth-order valence-corrected chi connectivity index (χ4v) is 2.35. The topological polar surface area (TPSA) is 50.1 Å². The fraction of sp³-hybridized carbons (Fsp3) is 0.154. The van der Waals surface area contributed by atoms with Crippen molar-refractivity contribution in [2.24, 2.45) is 7.05 Å². The number of hydrogen-bond donors (Lipinski definition) is 2. The van der Waals surface area contributed by atoms with Gasteiger partial charge in [-0.1, -0.05) is 29.8 Å². The zero-order valence-corrected chi connectivity index (χ0v) is 10.5. The summed E-state index contributed by atoms with van der Waals surface area (Å²) >= 11 is 6.07. The molecule has 3 rings (SSSR count). The van der Waals surface area contributed by atoms with E-state index in [-0.39, 0.29) is 0 Å². The van der Waals surface area contributed by atoms with Gasteiger partial charge in [0, 0.05) is 30.1 Å². The van der Waals surface area contributed by atoms with Gasteiger partial charge in [-0.05, 0) is 12.1 Å². The molecule has 1 atom stereocenters. The van der Waals surface area contributed by atoms with Crippen molar-refractivity contribution in [3.05, 3.63) is 46.7 Å². The SMILES string of the molecule is Cn1cc(Cl)c(/C=C2/c3ccccc3NC2O)n1. The summed E-state index contributed by atoms with van der Waals surface area (Å²) in [5, 5.41) is 17.8. The van der Waals surface area contributed by atoms with E-state index in [9.17, 15) is 5.11 Å². The lowest BCUT2D eigenvalue weighted by Crippen LogP contribution is -2.12. The molecule has 1 aliphatic heterocycles. The van der Waals surface area contributed by atoms with Crippen LogP contribution in [0.15, 0.2) is 30.5 Å². The average Bonchev–Trinajstić information content (AvgIpc) is 2.81. The second kappa shape index (κ2) is 4.15. The normalized spacial score (nSPS) is 19.9. The summed E-state index contributed by atoms with van der Waals surface area (Å²) in [5.41, 5.74) is 3.34. The Balaban J connectivity index is 2.09. The van der Waals surface area contributed by atoms with E-state index in [0.29, 0.717) is 10.7 Å². The van der Waals surface area contributed by atoms with Crippen molar-refractivity contribution >= 4 is 28.9 Å². The highest BCUT2D eigenvalue weighted by molar-refractivity contribution is 6.32. The van der Waals surface area contributed by atoms with Crippen LogP contribution < -0.4 is 5.32 Å². The molecule has 0 fully saturated rings. The summed E-state index contributed by atoms with van der Waals surface area (Å²) in [6.45, 7) is 0. The van der Waals surface area contributed by atoms with Crippen molar-refractivity contribution in [1.82, 2.24) is 9.78 Å². The maximum absolute atomic E-state index is 10.0. The van der Waals surface area contributed by atoms with Gasteiger partial charge in [0.2, 0.25) is 0 Å². The third-order valence-electron chi connectivity index (χ3n) is 2.93. The summed E-state index contributed by atoms with van der Waals surface area (Å²) < 4.78 is 1.65. The Bertz CT molecular complexity index is 633. The van der Waals surface area contributed by atoms with Gasteiger partial charge < -0.3 is 10.4 Å². The van der Waals surface area contributed by atoms with Crippen LogP contribution in [0.3, 0.4) is 0 Å². The Labute approximate surface area is 110 Å². The first kappa shape index (κ1) is 11.3. The zero-order chi connectivity index (χ0) is 12.7. The Morgan fingerprint density at radius 2 is 2.22 bits per heavy atom. The molecule has 1 aliphatic rings. The van der Waals surface area contributed by atoms with Gasteiger partial charge in [-0.2, -0.15) is 5.10 Å². The van der Waals surface area contributed by atoms with Gasteiger partial charge in [0.25, 0.3) is 0 Å². The van der Waals surface area contributed by atoms with Crippen LogP contribution >= 0.6 is 11.6 Å². The zero-order valence-electron chi connectivity index (χ0n) is 9.76. The number of aryl methyl sites for hydroxylation is 1. The minimum atomic E-state index is -0.722. The predicted molar refractivity (Wildman–Crippen MR) is 72.2 cm³/mol. The number of hydrogen-bond acceptors (Lipinski definition) is 3. The highest BCUT2D eigenvalue weighted by Gasteiger charge is 2.24. The Morgan fingerprint density at radius 1 is 1.44 bits per heavy atom. The molecular formula is C13H12ClN3O. The van der Waals surface area contributed by atoms with E-state index in [1.165, 1.54) is 0 Å². The average molecular weight is 262 g/mol. The van der Waals surface area contributed by atoms with E-state index in [2.05, 4.69) is 10.4 Å². The lowest BCUT2D eigenvalue weighted by Gasteiger charge is -2.04. The fourth-order valence-electron chi connectivity index (χ4n) is 2.11. The number of fused-ring (bicyclic) bond motifs is 1. The quantitative estimate of drug-likeness (QED) is 0.829. The molecule has 1 unspecified atom stereocenters. The highest BCUT2D eigenvalue weighted by atomic mass is 35.5. The molecule has 2 heterocycles. The van der Waals surface area contributed by atoms with Crippen LogP contribution in [0.2, 0.25) is 5.02 Å². The van der Waals surface area contributed by atoms with Crippen LogP contribution in [-0.4, -0.2) is 21.1 Å². The maximum Gasteiger partial charge on any atom is 0.151 e. The number of aromatic nitrogens is 2. The number of aliphatic hydroxyl groups excluding tert-OH is 1. The summed E-state index contributed by atoms with van der Waals surface area (Å²) in [5.74, 6) is 0. The van der Waals surface area contributed by atoms with Crippen LogP contribution in [-0.2, 0) is 7.05 Å². The van der Waals surface area contributed by atoms with Gasteiger partial charge in [0.1, 0.15) is 5.69 Å². The van der Waals surface area contributed by atoms with Crippen molar-refractivity contribution in [3.63, 3.8) is 0 Å². The van der Waals surface area contributed by atoms with E-state index in [1.54, 1.807) is 10.9 Å². The molecule has 2 aromatic rings. The van der Waals surface area contributed by atoms with Crippen LogP contribution in [0.1, 0.15) is 11.3 Å². The molecule has 0 saturated heterocycles. The molecule has 1 aromatic carbocycles.